The van der Waals surface area contributed by atoms with Crippen molar-refractivity contribution in [3.8, 4) is 0 Å². The Morgan fingerprint density at radius 3 is 2.40 bits per heavy atom. The van der Waals surface area contributed by atoms with Crippen LogP contribution in [0.15, 0.2) is 71.7 Å². The van der Waals surface area contributed by atoms with E-state index in [0.29, 0.717) is 0 Å². The Labute approximate surface area is 142 Å². The zero-order chi connectivity index (χ0) is 17.8. The Bertz CT molecular complexity index is 966. The lowest BCUT2D eigenvalue weighted by atomic mass is 10.2. The fourth-order valence-corrected chi connectivity index (χ4v) is 2.37. The molecule has 126 valence electrons. The van der Waals surface area contributed by atoms with E-state index in [0.717, 1.165) is 5.56 Å². The quantitative estimate of drug-likeness (QED) is 0.791. The molecule has 3 rings (SSSR count). The first-order valence-electron chi connectivity index (χ1n) is 7.54. The summed E-state index contributed by atoms with van der Waals surface area (Å²) >= 11 is 0. The van der Waals surface area contributed by atoms with Crippen LogP contribution in [-0.4, -0.2) is 10.5 Å². The van der Waals surface area contributed by atoms with E-state index in [1.165, 1.54) is 47.2 Å². The molecule has 2 aromatic carbocycles. The van der Waals surface area contributed by atoms with Crippen molar-refractivity contribution in [1.82, 2.24) is 4.57 Å². The molecule has 0 bridgehead atoms. The van der Waals surface area contributed by atoms with E-state index >= 15 is 0 Å². The zero-order valence-electron chi connectivity index (χ0n) is 13.1. The number of hydrogen-bond acceptors (Lipinski definition) is 2. The van der Waals surface area contributed by atoms with Crippen LogP contribution in [0.25, 0.3) is 0 Å². The minimum atomic E-state index is -0.691. The number of aromatic nitrogens is 1. The van der Waals surface area contributed by atoms with Crippen LogP contribution < -0.4 is 10.9 Å². The summed E-state index contributed by atoms with van der Waals surface area (Å²) in [5.41, 5.74) is 0.101. The maximum atomic E-state index is 13.6. The maximum absolute atomic E-state index is 13.6. The van der Waals surface area contributed by atoms with E-state index in [1.54, 1.807) is 24.3 Å². The van der Waals surface area contributed by atoms with E-state index in [9.17, 15) is 18.4 Å². The highest BCUT2D eigenvalue weighted by Gasteiger charge is 2.14. The van der Waals surface area contributed by atoms with Gasteiger partial charge in [0.15, 0.2) is 0 Å². The predicted molar refractivity (Wildman–Crippen MR) is 90.6 cm³/mol. The van der Waals surface area contributed by atoms with Crippen LogP contribution in [0.5, 0.6) is 0 Å². The molecule has 0 aliphatic heterocycles. The van der Waals surface area contributed by atoms with Gasteiger partial charge in [-0.25, -0.2) is 8.78 Å². The van der Waals surface area contributed by atoms with Gasteiger partial charge in [-0.1, -0.05) is 24.3 Å². The van der Waals surface area contributed by atoms with E-state index in [-0.39, 0.29) is 23.6 Å². The Balaban J connectivity index is 1.85. The highest BCUT2D eigenvalue weighted by molar-refractivity contribution is 6.04. The first-order valence-corrected chi connectivity index (χ1v) is 7.54. The van der Waals surface area contributed by atoms with Crippen LogP contribution in [0, 0.1) is 11.6 Å². The van der Waals surface area contributed by atoms with Crippen molar-refractivity contribution < 1.29 is 13.6 Å². The summed E-state index contributed by atoms with van der Waals surface area (Å²) in [5, 5.41) is 2.39. The molecule has 1 N–H and O–H groups in total. The number of anilines is 1. The highest BCUT2D eigenvalue weighted by atomic mass is 19.1. The van der Waals surface area contributed by atoms with Gasteiger partial charge in [0.25, 0.3) is 11.5 Å². The number of hydrogen-bond donors (Lipinski definition) is 1. The fraction of sp³-hybridized carbons (Fsp3) is 0.0526. The Morgan fingerprint density at radius 1 is 0.960 bits per heavy atom. The Morgan fingerprint density at radius 2 is 1.68 bits per heavy atom. The normalized spacial score (nSPS) is 10.5. The number of halogens is 2. The van der Waals surface area contributed by atoms with Crippen molar-refractivity contribution in [1.29, 1.82) is 0 Å². The van der Waals surface area contributed by atoms with Gasteiger partial charge in [0.1, 0.15) is 17.2 Å². The molecule has 0 saturated heterocycles. The van der Waals surface area contributed by atoms with E-state index in [4.69, 9.17) is 0 Å². The third-order valence-corrected chi connectivity index (χ3v) is 3.65. The molecule has 1 amide bonds. The van der Waals surface area contributed by atoms with Crippen LogP contribution in [0.2, 0.25) is 0 Å². The van der Waals surface area contributed by atoms with Crippen molar-refractivity contribution in [3.05, 3.63) is 100.0 Å². The molecule has 0 spiro atoms. The molecule has 0 atom stereocenters. The molecule has 0 saturated carbocycles. The fourth-order valence-electron chi connectivity index (χ4n) is 2.37. The van der Waals surface area contributed by atoms with Gasteiger partial charge in [-0.15, -0.1) is 0 Å². The van der Waals surface area contributed by atoms with Crippen LogP contribution in [0.1, 0.15) is 15.9 Å². The topological polar surface area (TPSA) is 51.1 Å². The summed E-state index contributed by atoms with van der Waals surface area (Å²) in [6.45, 7) is 0.194. The number of carbonyl (C=O) groups excluding carboxylic acids is 1. The van der Waals surface area contributed by atoms with Gasteiger partial charge in [-0.3, -0.25) is 9.59 Å². The maximum Gasteiger partial charge on any atom is 0.263 e. The molecule has 1 aromatic heterocycles. The van der Waals surface area contributed by atoms with Gasteiger partial charge in [-0.05, 0) is 42.0 Å². The van der Waals surface area contributed by atoms with Gasteiger partial charge in [0.05, 0.1) is 12.2 Å². The first kappa shape index (κ1) is 16.6. The second-order valence-electron chi connectivity index (χ2n) is 5.42. The molecular formula is C19H14F2N2O2. The predicted octanol–water partition coefficient (Wildman–Crippen LogP) is 3.43. The lowest BCUT2D eigenvalue weighted by Gasteiger charge is -2.09. The number of nitrogens with zero attached hydrogens (tertiary/aromatic N) is 1. The molecule has 25 heavy (non-hydrogen) atoms. The second-order valence-corrected chi connectivity index (χ2v) is 5.42. The summed E-state index contributed by atoms with van der Waals surface area (Å²) < 4.78 is 27.9. The van der Waals surface area contributed by atoms with Crippen LogP contribution in [0.3, 0.4) is 0 Å². The molecule has 4 nitrogen and oxygen atoms in total. The number of nitrogens with one attached hydrogen (secondary N) is 1. The monoisotopic (exact) mass is 340 g/mol. The number of carbonyl (C=O) groups is 1. The van der Waals surface area contributed by atoms with Crippen molar-refractivity contribution in [2.24, 2.45) is 0 Å². The lowest BCUT2D eigenvalue weighted by Crippen LogP contribution is -2.29. The van der Waals surface area contributed by atoms with Crippen molar-refractivity contribution in [3.63, 3.8) is 0 Å². The van der Waals surface area contributed by atoms with Crippen molar-refractivity contribution in [2.45, 2.75) is 6.54 Å². The van der Waals surface area contributed by atoms with Gasteiger partial charge in [-0.2, -0.15) is 0 Å². The van der Waals surface area contributed by atoms with Gasteiger partial charge in [0, 0.05) is 6.20 Å². The highest BCUT2D eigenvalue weighted by Crippen LogP contribution is 2.13. The minimum Gasteiger partial charge on any atom is -0.319 e. The summed E-state index contributed by atoms with van der Waals surface area (Å²) in [5.74, 6) is -1.64. The summed E-state index contributed by atoms with van der Waals surface area (Å²) in [7, 11) is 0. The average Bonchev–Trinajstić information content (AvgIpc) is 2.60. The summed E-state index contributed by atoms with van der Waals surface area (Å²) in [4.78, 5) is 24.8. The SMILES string of the molecule is O=C(Nc1ccccc1F)c1cccn(Cc2ccc(F)cc2)c1=O. The van der Waals surface area contributed by atoms with E-state index in [1.807, 2.05) is 0 Å². The minimum absolute atomic E-state index is 0.000776. The van der Waals surface area contributed by atoms with Gasteiger partial charge < -0.3 is 9.88 Å². The van der Waals surface area contributed by atoms with Crippen molar-refractivity contribution >= 4 is 11.6 Å². The Kier molecular flexibility index (Phi) is 4.70. The number of rotatable bonds is 4. The van der Waals surface area contributed by atoms with Crippen LogP contribution in [0.4, 0.5) is 14.5 Å². The van der Waals surface area contributed by atoms with E-state index in [2.05, 4.69) is 5.32 Å². The molecule has 0 unspecified atom stereocenters. The lowest BCUT2D eigenvalue weighted by molar-refractivity contribution is 0.102. The van der Waals surface area contributed by atoms with Crippen LogP contribution >= 0.6 is 0 Å². The molecule has 3 aromatic rings. The third kappa shape index (κ3) is 3.80. The first-order chi connectivity index (χ1) is 12.0. The van der Waals surface area contributed by atoms with Gasteiger partial charge >= 0.3 is 0 Å². The smallest absolute Gasteiger partial charge is 0.263 e. The van der Waals surface area contributed by atoms with Gasteiger partial charge in [0.2, 0.25) is 0 Å². The standard InChI is InChI=1S/C19H14F2N2O2/c20-14-9-7-13(8-10-14)12-23-11-3-4-15(19(23)25)18(24)22-17-6-2-1-5-16(17)21/h1-11H,12H2,(H,22,24). The number of amides is 1. The van der Waals surface area contributed by atoms with Crippen molar-refractivity contribution in [2.75, 3.05) is 5.32 Å². The molecule has 0 aliphatic rings. The summed E-state index contributed by atoms with van der Waals surface area (Å²) in [6, 6.07) is 14.4. The summed E-state index contributed by atoms with van der Waals surface area (Å²) in [6.07, 6.45) is 1.53. The third-order valence-electron chi connectivity index (χ3n) is 3.65. The number of para-hydroxylation sites is 1. The Hall–Kier alpha value is -3.28. The molecule has 0 radical (unpaired) electrons. The largest absolute Gasteiger partial charge is 0.319 e. The molecule has 1 heterocycles. The van der Waals surface area contributed by atoms with E-state index < -0.39 is 17.3 Å². The molecule has 6 heteroatoms. The number of benzene rings is 2. The zero-order valence-corrected chi connectivity index (χ0v) is 13.1. The average molecular weight is 340 g/mol. The molecular weight excluding hydrogens is 326 g/mol. The number of pyridine rings is 1. The second kappa shape index (κ2) is 7.09. The molecule has 0 fully saturated rings. The van der Waals surface area contributed by atoms with Crippen LogP contribution in [-0.2, 0) is 6.54 Å². The molecule has 0 aliphatic carbocycles.